The van der Waals surface area contributed by atoms with E-state index in [0.29, 0.717) is 19.5 Å². The van der Waals surface area contributed by atoms with Crippen LogP contribution in [0.5, 0.6) is 0 Å². The van der Waals surface area contributed by atoms with E-state index in [0.717, 1.165) is 4.68 Å². The van der Waals surface area contributed by atoms with Crippen molar-refractivity contribution in [2.75, 3.05) is 13.1 Å². The minimum absolute atomic E-state index is 0.246. The summed E-state index contributed by atoms with van der Waals surface area (Å²) in [6.07, 6.45) is -2.25. The zero-order valence-electron chi connectivity index (χ0n) is 8.23. The molecule has 1 aromatic rings. The fraction of sp³-hybridized carbons (Fsp3) is 0.625. The van der Waals surface area contributed by atoms with Gasteiger partial charge in [0.25, 0.3) is 6.43 Å². The molecule has 0 spiro atoms. The number of nitrogens with zero attached hydrogens (tertiary/aromatic N) is 3. The van der Waals surface area contributed by atoms with Crippen molar-refractivity contribution in [3.8, 4) is 0 Å². The van der Waals surface area contributed by atoms with Gasteiger partial charge in [0.2, 0.25) is 0 Å². The average molecular weight is 232 g/mol. The molecule has 1 unspecified atom stereocenters. The summed E-state index contributed by atoms with van der Waals surface area (Å²) in [5, 5.41) is 18.5. The number of hydrogen-bond acceptors (Lipinski definition) is 4. The normalized spacial score (nSPS) is 20.6. The lowest BCUT2D eigenvalue weighted by Crippen LogP contribution is -2.18. The average Bonchev–Trinajstić information content (AvgIpc) is 2.85. The summed E-state index contributed by atoms with van der Waals surface area (Å²) in [5.74, 6) is -1.48. The molecular weight excluding hydrogens is 222 g/mol. The van der Waals surface area contributed by atoms with E-state index in [1.165, 1.54) is 0 Å². The third-order valence-electron chi connectivity index (χ3n) is 2.52. The lowest BCUT2D eigenvalue weighted by molar-refractivity contribution is 0.0675. The topological polar surface area (TPSA) is 80.0 Å². The van der Waals surface area contributed by atoms with Gasteiger partial charge in [-0.05, 0) is 13.0 Å². The van der Waals surface area contributed by atoms with Crippen LogP contribution in [0.3, 0.4) is 0 Å². The maximum absolute atomic E-state index is 12.8. The second-order valence-corrected chi connectivity index (χ2v) is 3.52. The highest BCUT2D eigenvalue weighted by atomic mass is 19.3. The molecule has 2 N–H and O–H groups in total. The van der Waals surface area contributed by atoms with Crippen LogP contribution in [0, 0.1) is 0 Å². The summed E-state index contributed by atoms with van der Waals surface area (Å²) in [6, 6.07) is -0.246. The highest BCUT2D eigenvalue weighted by Gasteiger charge is 2.30. The summed E-state index contributed by atoms with van der Waals surface area (Å²) < 4.78 is 26.5. The predicted molar refractivity (Wildman–Crippen MR) is 48.5 cm³/mol. The summed E-state index contributed by atoms with van der Waals surface area (Å²) in [6.45, 7) is 1.21. The third kappa shape index (κ3) is 1.75. The van der Waals surface area contributed by atoms with Gasteiger partial charge in [-0.3, -0.25) is 0 Å². The minimum atomic E-state index is -2.89. The zero-order chi connectivity index (χ0) is 11.7. The van der Waals surface area contributed by atoms with Crippen molar-refractivity contribution in [3.63, 3.8) is 0 Å². The monoisotopic (exact) mass is 232 g/mol. The molecule has 0 aliphatic carbocycles. The number of halogens is 2. The molecular formula is C8H10F2N4O2. The van der Waals surface area contributed by atoms with Crippen molar-refractivity contribution >= 4 is 5.97 Å². The standard InChI is InChI=1S/C8H10F2N4O2/c9-7(10)6-5(8(15)16)12-13-14(6)4-1-2-11-3-4/h4,7,11H,1-3H2,(H,15,16). The van der Waals surface area contributed by atoms with E-state index < -0.39 is 23.8 Å². The van der Waals surface area contributed by atoms with Crippen molar-refractivity contribution in [2.24, 2.45) is 0 Å². The number of carbonyl (C=O) groups is 1. The fourth-order valence-electron chi connectivity index (χ4n) is 1.77. The first-order chi connectivity index (χ1) is 7.61. The molecule has 8 heteroatoms. The van der Waals surface area contributed by atoms with E-state index in [4.69, 9.17) is 5.11 Å². The lowest BCUT2D eigenvalue weighted by atomic mass is 10.2. The van der Waals surface area contributed by atoms with Crippen LogP contribution in [-0.2, 0) is 0 Å². The number of hydrogen-bond donors (Lipinski definition) is 2. The summed E-state index contributed by atoms with van der Waals surface area (Å²) >= 11 is 0. The molecule has 1 aliphatic rings. The Bertz CT molecular complexity index is 401. The Balaban J connectivity index is 2.40. The van der Waals surface area contributed by atoms with Crippen molar-refractivity contribution in [3.05, 3.63) is 11.4 Å². The molecule has 16 heavy (non-hydrogen) atoms. The predicted octanol–water partition coefficient (Wildman–Crippen LogP) is 0.448. The van der Waals surface area contributed by atoms with Gasteiger partial charge >= 0.3 is 5.97 Å². The third-order valence-corrected chi connectivity index (χ3v) is 2.52. The van der Waals surface area contributed by atoms with E-state index in [9.17, 15) is 13.6 Å². The first-order valence-corrected chi connectivity index (χ1v) is 4.78. The largest absolute Gasteiger partial charge is 0.476 e. The highest BCUT2D eigenvalue weighted by Crippen LogP contribution is 2.26. The van der Waals surface area contributed by atoms with Gasteiger partial charge < -0.3 is 10.4 Å². The van der Waals surface area contributed by atoms with Crippen LogP contribution in [-0.4, -0.2) is 39.2 Å². The molecule has 6 nitrogen and oxygen atoms in total. The van der Waals surface area contributed by atoms with E-state index >= 15 is 0 Å². The second-order valence-electron chi connectivity index (χ2n) is 3.52. The van der Waals surface area contributed by atoms with E-state index in [1.54, 1.807) is 0 Å². The molecule has 0 aromatic carbocycles. The molecule has 0 amide bonds. The van der Waals surface area contributed by atoms with Crippen LogP contribution in [0.2, 0.25) is 0 Å². The molecule has 1 saturated heterocycles. The number of alkyl halides is 2. The quantitative estimate of drug-likeness (QED) is 0.790. The Labute approximate surface area is 89.2 Å². The maximum Gasteiger partial charge on any atom is 0.358 e. The van der Waals surface area contributed by atoms with E-state index in [1.807, 2.05) is 0 Å². The molecule has 88 valence electrons. The number of rotatable bonds is 3. The van der Waals surface area contributed by atoms with E-state index in [2.05, 4.69) is 15.6 Å². The molecule has 0 saturated carbocycles. The molecule has 0 radical (unpaired) electrons. The van der Waals surface area contributed by atoms with Crippen LogP contribution in [0.1, 0.15) is 35.1 Å². The molecule has 2 heterocycles. The van der Waals surface area contributed by atoms with Crippen LogP contribution in [0.15, 0.2) is 0 Å². The first-order valence-electron chi connectivity index (χ1n) is 4.78. The SMILES string of the molecule is O=C(O)c1nnn(C2CCNC2)c1C(F)F. The molecule has 0 bridgehead atoms. The molecule has 1 atom stereocenters. The second kappa shape index (κ2) is 4.12. The fourth-order valence-corrected chi connectivity index (χ4v) is 1.77. The van der Waals surface area contributed by atoms with Gasteiger partial charge in [0.15, 0.2) is 5.69 Å². The van der Waals surface area contributed by atoms with Crippen LogP contribution < -0.4 is 5.32 Å². The number of aromatic carboxylic acids is 1. The Hall–Kier alpha value is -1.57. The van der Waals surface area contributed by atoms with Crippen molar-refractivity contribution in [2.45, 2.75) is 18.9 Å². The molecule has 1 aromatic heterocycles. The summed E-state index contributed by atoms with van der Waals surface area (Å²) in [7, 11) is 0. The van der Waals surface area contributed by atoms with Gasteiger partial charge in [-0.2, -0.15) is 0 Å². The van der Waals surface area contributed by atoms with Gasteiger partial charge in [-0.25, -0.2) is 18.3 Å². The van der Waals surface area contributed by atoms with E-state index in [-0.39, 0.29) is 6.04 Å². The van der Waals surface area contributed by atoms with Crippen LogP contribution in [0.25, 0.3) is 0 Å². The van der Waals surface area contributed by atoms with Crippen LogP contribution >= 0.6 is 0 Å². The highest BCUT2D eigenvalue weighted by molar-refractivity contribution is 5.86. The van der Waals surface area contributed by atoms with Gasteiger partial charge in [-0.1, -0.05) is 5.21 Å². The smallest absolute Gasteiger partial charge is 0.358 e. The maximum atomic E-state index is 12.8. The number of aromatic nitrogens is 3. The van der Waals surface area contributed by atoms with Crippen molar-refractivity contribution < 1.29 is 18.7 Å². The van der Waals surface area contributed by atoms with Gasteiger partial charge in [0.05, 0.1) is 6.04 Å². The van der Waals surface area contributed by atoms with Gasteiger partial charge in [0.1, 0.15) is 5.69 Å². The Kier molecular flexibility index (Phi) is 2.82. The lowest BCUT2D eigenvalue weighted by Gasteiger charge is -2.11. The number of nitrogens with one attached hydrogen (secondary N) is 1. The molecule has 1 fully saturated rings. The molecule has 1 aliphatic heterocycles. The Morgan fingerprint density at radius 2 is 2.38 bits per heavy atom. The minimum Gasteiger partial charge on any atom is -0.476 e. The summed E-state index contributed by atoms with van der Waals surface area (Å²) in [4.78, 5) is 10.7. The van der Waals surface area contributed by atoms with Crippen LogP contribution in [0.4, 0.5) is 8.78 Å². The summed E-state index contributed by atoms with van der Waals surface area (Å²) in [5.41, 5.74) is -1.27. The van der Waals surface area contributed by atoms with Crippen molar-refractivity contribution in [1.29, 1.82) is 0 Å². The molecule has 2 rings (SSSR count). The van der Waals surface area contributed by atoms with Gasteiger partial charge in [-0.15, -0.1) is 5.10 Å². The number of carboxylic acids is 1. The van der Waals surface area contributed by atoms with Crippen molar-refractivity contribution in [1.82, 2.24) is 20.3 Å². The first kappa shape index (κ1) is 10.9. The number of carboxylic acid groups (broad SMARTS) is 1. The zero-order valence-corrected chi connectivity index (χ0v) is 8.23. The Morgan fingerprint density at radius 3 is 2.88 bits per heavy atom. The Morgan fingerprint density at radius 1 is 1.62 bits per heavy atom. The van der Waals surface area contributed by atoms with Gasteiger partial charge in [0, 0.05) is 6.54 Å².